The number of halogens is 3. The molecule has 3 nitrogen and oxygen atoms in total. The van der Waals surface area contributed by atoms with Crippen molar-refractivity contribution >= 4 is 23.4 Å². The van der Waals surface area contributed by atoms with Gasteiger partial charge in [-0.05, 0) is 32.9 Å². The average Bonchev–Trinajstić information content (AvgIpc) is 2.36. The van der Waals surface area contributed by atoms with E-state index in [1.54, 1.807) is 0 Å². The van der Waals surface area contributed by atoms with Crippen LogP contribution in [0.2, 0.25) is 0 Å². The zero-order chi connectivity index (χ0) is 15.7. The van der Waals surface area contributed by atoms with Crippen LogP contribution in [-0.4, -0.2) is 35.1 Å². The number of hydrogen-bond acceptors (Lipinski definition) is 4. The summed E-state index contributed by atoms with van der Waals surface area (Å²) in [6, 6.07) is 2.21. The summed E-state index contributed by atoms with van der Waals surface area (Å²) in [5, 5.41) is 2.88. The zero-order valence-corrected chi connectivity index (χ0v) is 13.2. The first-order valence-corrected chi connectivity index (χ1v) is 7.92. The first-order chi connectivity index (χ1) is 9.71. The molecule has 0 bridgehead atoms. The van der Waals surface area contributed by atoms with Gasteiger partial charge >= 0.3 is 6.18 Å². The smallest absolute Gasteiger partial charge is 0.370 e. The number of nitrogens with one attached hydrogen (secondary N) is 1. The number of anilines is 2. The predicted molar refractivity (Wildman–Crippen MR) is 82.2 cm³/mol. The number of aromatic nitrogens is 1. The number of pyridine rings is 1. The normalized spacial score (nSPS) is 18.7. The van der Waals surface area contributed by atoms with Gasteiger partial charge in [0.1, 0.15) is 11.6 Å². The first-order valence-electron chi connectivity index (χ1n) is 6.93. The maximum Gasteiger partial charge on any atom is 0.416 e. The molecule has 0 amide bonds. The van der Waals surface area contributed by atoms with E-state index in [-0.39, 0.29) is 10.6 Å². The summed E-state index contributed by atoms with van der Waals surface area (Å²) in [6.07, 6.45) is -4.36. The second kappa shape index (κ2) is 5.94. The highest BCUT2D eigenvalue weighted by molar-refractivity contribution is 8.00. The van der Waals surface area contributed by atoms with Gasteiger partial charge in [0.05, 0.1) is 5.56 Å². The average molecular weight is 319 g/mol. The summed E-state index contributed by atoms with van der Waals surface area (Å²) in [5.74, 6) is 1.56. The van der Waals surface area contributed by atoms with Crippen LogP contribution in [0.5, 0.6) is 0 Å². The maximum atomic E-state index is 13.0. The Bertz CT molecular complexity index is 503. The van der Waals surface area contributed by atoms with Crippen LogP contribution < -0.4 is 10.2 Å². The van der Waals surface area contributed by atoms with Crippen LogP contribution in [0, 0.1) is 0 Å². The van der Waals surface area contributed by atoms with Crippen molar-refractivity contribution in [2.75, 3.05) is 35.6 Å². The van der Waals surface area contributed by atoms with Crippen molar-refractivity contribution in [2.24, 2.45) is 0 Å². The standard InChI is InChI=1S/C14H20F3N3S/c1-4-18-11-7-10(14(15,16)17)8-12(19-11)20-5-6-21-13(2,3)9-20/h7-8H,4-6,9H2,1-3H3,(H,18,19). The third kappa shape index (κ3) is 4.18. The van der Waals surface area contributed by atoms with Crippen LogP contribution in [0.1, 0.15) is 26.3 Å². The number of hydrogen-bond donors (Lipinski definition) is 1. The molecule has 0 aromatic carbocycles. The molecule has 0 saturated carbocycles. The Morgan fingerprint density at radius 3 is 2.67 bits per heavy atom. The molecule has 0 radical (unpaired) electrons. The number of rotatable bonds is 3. The van der Waals surface area contributed by atoms with Gasteiger partial charge in [0, 0.05) is 30.1 Å². The molecule has 2 heterocycles. The molecule has 1 saturated heterocycles. The molecule has 1 N–H and O–H groups in total. The Kier molecular flexibility index (Phi) is 4.60. The van der Waals surface area contributed by atoms with Gasteiger partial charge < -0.3 is 10.2 Å². The molecule has 1 aromatic heterocycles. The van der Waals surface area contributed by atoms with Crippen molar-refractivity contribution in [2.45, 2.75) is 31.7 Å². The lowest BCUT2D eigenvalue weighted by Gasteiger charge is -2.38. The van der Waals surface area contributed by atoms with Gasteiger partial charge in [0.15, 0.2) is 0 Å². The zero-order valence-electron chi connectivity index (χ0n) is 12.4. The van der Waals surface area contributed by atoms with Crippen LogP contribution in [0.3, 0.4) is 0 Å². The van der Waals surface area contributed by atoms with Gasteiger partial charge in [0.25, 0.3) is 0 Å². The molecule has 1 aromatic rings. The SMILES string of the molecule is CCNc1cc(C(F)(F)F)cc(N2CCSC(C)(C)C2)n1. The number of alkyl halides is 3. The minimum absolute atomic E-state index is 0.0204. The Morgan fingerprint density at radius 1 is 1.38 bits per heavy atom. The summed E-state index contributed by atoms with van der Waals surface area (Å²) in [4.78, 5) is 6.27. The van der Waals surface area contributed by atoms with E-state index in [0.717, 1.165) is 17.9 Å². The van der Waals surface area contributed by atoms with Crippen LogP contribution in [-0.2, 0) is 6.18 Å². The summed E-state index contributed by atoms with van der Waals surface area (Å²) in [6.45, 7) is 7.98. The van der Waals surface area contributed by atoms with Crippen molar-refractivity contribution < 1.29 is 13.2 Å². The Hall–Kier alpha value is -1.11. The summed E-state index contributed by atoms with van der Waals surface area (Å²) >= 11 is 1.84. The lowest BCUT2D eigenvalue weighted by Crippen LogP contribution is -2.43. The fraction of sp³-hybridized carbons (Fsp3) is 0.643. The molecule has 0 unspecified atom stereocenters. The van der Waals surface area contributed by atoms with E-state index in [2.05, 4.69) is 24.1 Å². The topological polar surface area (TPSA) is 28.2 Å². The molecular formula is C14H20F3N3S. The Labute approximate surface area is 127 Å². The molecule has 1 aliphatic rings. The summed E-state index contributed by atoms with van der Waals surface area (Å²) in [5.41, 5.74) is -0.653. The van der Waals surface area contributed by atoms with Crippen molar-refractivity contribution in [3.05, 3.63) is 17.7 Å². The van der Waals surface area contributed by atoms with Crippen molar-refractivity contribution in [1.29, 1.82) is 0 Å². The summed E-state index contributed by atoms with van der Waals surface area (Å²) < 4.78 is 39.1. The second-order valence-electron chi connectivity index (χ2n) is 5.66. The van der Waals surface area contributed by atoms with Crippen molar-refractivity contribution in [3.63, 3.8) is 0 Å². The molecule has 21 heavy (non-hydrogen) atoms. The maximum absolute atomic E-state index is 13.0. The highest BCUT2D eigenvalue weighted by Crippen LogP contribution is 2.36. The lowest BCUT2D eigenvalue weighted by molar-refractivity contribution is -0.137. The van der Waals surface area contributed by atoms with Crippen LogP contribution in [0.15, 0.2) is 12.1 Å². The molecule has 1 fully saturated rings. The van der Waals surface area contributed by atoms with E-state index in [4.69, 9.17) is 0 Å². The van der Waals surface area contributed by atoms with Crippen LogP contribution in [0.25, 0.3) is 0 Å². The fourth-order valence-electron chi connectivity index (χ4n) is 2.33. The van der Waals surface area contributed by atoms with E-state index < -0.39 is 11.7 Å². The van der Waals surface area contributed by atoms with Crippen LogP contribution >= 0.6 is 11.8 Å². The van der Waals surface area contributed by atoms with Crippen molar-refractivity contribution in [1.82, 2.24) is 4.98 Å². The monoisotopic (exact) mass is 319 g/mol. The Morgan fingerprint density at radius 2 is 2.10 bits per heavy atom. The van der Waals surface area contributed by atoms with Gasteiger partial charge in [-0.1, -0.05) is 0 Å². The number of thioether (sulfide) groups is 1. The highest BCUT2D eigenvalue weighted by Gasteiger charge is 2.33. The second-order valence-corrected chi connectivity index (χ2v) is 7.46. The highest BCUT2D eigenvalue weighted by atomic mass is 32.2. The molecule has 0 aliphatic carbocycles. The quantitative estimate of drug-likeness (QED) is 0.915. The van der Waals surface area contributed by atoms with Gasteiger partial charge in [-0.3, -0.25) is 0 Å². The van der Waals surface area contributed by atoms with E-state index in [0.29, 0.717) is 25.5 Å². The lowest BCUT2D eigenvalue weighted by atomic mass is 10.1. The molecule has 0 atom stereocenters. The third-order valence-corrected chi connectivity index (χ3v) is 4.54. The first kappa shape index (κ1) is 16.3. The Balaban J connectivity index is 2.35. The van der Waals surface area contributed by atoms with E-state index in [1.165, 1.54) is 0 Å². The fourth-order valence-corrected chi connectivity index (χ4v) is 3.44. The molecule has 2 rings (SSSR count). The largest absolute Gasteiger partial charge is 0.416 e. The van der Waals surface area contributed by atoms with Gasteiger partial charge in [-0.2, -0.15) is 24.9 Å². The van der Waals surface area contributed by atoms with E-state index >= 15 is 0 Å². The van der Waals surface area contributed by atoms with E-state index in [9.17, 15) is 13.2 Å². The predicted octanol–water partition coefficient (Wildman–Crippen LogP) is 3.86. The molecule has 7 heteroatoms. The van der Waals surface area contributed by atoms with E-state index in [1.807, 2.05) is 23.6 Å². The number of nitrogens with zero attached hydrogens (tertiary/aromatic N) is 2. The molecule has 0 spiro atoms. The molecule has 1 aliphatic heterocycles. The van der Waals surface area contributed by atoms with Crippen molar-refractivity contribution in [3.8, 4) is 0 Å². The third-order valence-electron chi connectivity index (χ3n) is 3.25. The molecular weight excluding hydrogens is 299 g/mol. The minimum atomic E-state index is -4.36. The minimum Gasteiger partial charge on any atom is -0.370 e. The van der Waals surface area contributed by atoms with Gasteiger partial charge in [-0.15, -0.1) is 0 Å². The summed E-state index contributed by atoms with van der Waals surface area (Å²) in [7, 11) is 0. The van der Waals surface area contributed by atoms with Gasteiger partial charge in [-0.25, -0.2) is 4.98 Å². The molecule has 118 valence electrons. The van der Waals surface area contributed by atoms with Gasteiger partial charge in [0.2, 0.25) is 0 Å². The van der Waals surface area contributed by atoms with Crippen LogP contribution in [0.4, 0.5) is 24.8 Å².